The Hall–Kier alpha value is -3.64. The topological polar surface area (TPSA) is 78.9 Å². The van der Waals surface area contributed by atoms with Crippen LogP contribution in [0.4, 0.5) is 4.79 Å². The quantitative estimate of drug-likeness (QED) is 0.595. The Morgan fingerprint density at radius 3 is 2.33 bits per heavy atom. The second-order valence-corrected chi connectivity index (χ2v) is 8.46. The van der Waals surface area contributed by atoms with E-state index in [1.165, 1.54) is 23.0 Å². The van der Waals surface area contributed by atoms with Crippen LogP contribution in [0.25, 0.3) is 0 Å². The maximum atomic E-state index is 12.4. The first-order valence-electron chi connectivity index (χ1n) is 11.0. The molecule has 3 aromatic carbocycles. The minimum Gasteiger partial charge on any atom is -0.479 e. The van der Waals surface area contributed by atoms with Gasteiger partial charge >= 0.3 is 12.1 Å². The number of benzene rings is 3. The van der Waals surface area contributed by atoms with Crippen molar-refractivity contribution in [3.05, 3.63) is 107 Å². The van der Waals surface area contributed by atoms with Gasteiger partial charge in [-0.1, -0.05) is 78.9 Å². The lowest BCUT2D eigenvalue weighted by atomic mass is 9.92. The van der Waals surface area contributed by atoms with E-state index in [9.17, 15) is 14.7 Å². The number of hydrogen-bond donors (Lipinski definition) is 2. The highest BCUT2D eigenvalue weighted by Gasteiger charge is 2.50. The second-order valence-electron chi connectivity index (χ2n) is 8.46. The number of nitrogens with zero attached hydrogens (tertiary/aromatic N) is 1. The predicted octanol–water partition coefficient (Wildman–Crippen LogP) is 4.99. The summed E-state index contributed by atoms with van der Waals surface area (Å²) in [5.41, 5.74) is 3.81. The molecule has 0 spiro atoms. The average molecular weight is 445 g/mol. The molecule has 0 saturated carbocycles. The van der Waals surface area contributed by atoms with Gasteiger partial charge in [-0.3, -0.25) is 4.90 Å². The van der Waals surface area contributed by atoms with Gasteiger partial charge in [-0.2, -0.15) is 0 Å². The van der Waals surface area contributed by atoms with Crippen LogP contribution in [0.15, 0.2) is 78.9 Å². The first kappa shape index (κ1) is 22.6. The number of amides is 1. The van der Waals surface area contributed by atoms with Gasteiger partial charge in [0.1, 0.15) is 6.61 Å². The van der Waals surface area contributed by atoms with Crippen molar-refractivity contribution in [2.24, 2.45) is 0 Å². The van der Waals surface area contributed by atoms with Crippen LogP contribution in [0.3, 0.4) is 0 Å². The maximum absolute atomic E-state index is 12.4. The highest BCUT2D eigenvalue weighted by Crippen LogP contribution is 2.39. The van der Waals surface area contributed by atoms with Crippen LogP contribution in [0.1, 0.15) is 47.7 Å². The molecule has 2 aliphatic rings. The summed E-state index contributed by atoms with van der Waals surface area (Å²) >= 11 is 0. The van der Waals surface area contributed by atoms with Gasteiger partial charge in [-0.15, -0.1) is 0 Å². The summed E-state index contributed by atoms with van der Waals surface area (Å²) in [4.78, 5) is 25.5. The zero-order chi connectivity index (χ0) is 23.4. The van der Waals surface area contributed by atoms with Crippen molar-refractivity contribution in [1.82, 2.24) is 10.2 Å². The molecule has 2 unspecified atom stereocenters. The van der Waals surface area contributed by atoms with Gasteiger partial charge in [0.15, 0.2) is 5.54 Å². The molecule has 6 heteroatoms. The number of nitrogens with one attached hydrogen (secondary N) is 1. The third-order valence-corrected chi connectivity index (χ3v) is 6.37. The number of fused-ring (bicyclic) bond motifs is 2. The molecule has 0 bridgehead atoms. The SMILES string of the molecule is CC1(C(=O)O)c2ccccc2CN1C(=O)OCc1ccccc1.CC1NCc2ccccc21. The van der Waals surface area contributed by atoms with Crippen molar-refractivity contribution >= 4 is 12.1 Å². The molecule has 3 aromatic rings. The number of ether oxygens (including phenoxy) is 1. The van der Waals surface area contributed by atoms with Gasteiger partial charge in [-0.05, 0) is 41.7 Å². The monoisotopic (exact) mass is 444 g/mol. The van der Waals surface area contributed by atoms with Gasteiger partial charge in [0, 0.05) is 12.6 Å². The molecule has 33 heavy (non-hydrogen) atoms. The van der Waals surface area contributed by atoms with Crippen molar-refractivity contribution in [2.75, 3.05) is 0 Å². The molecular formula is C27H28N2O4. The lowest BCUT2D eigenvalue weighted by Gasteiger charge is -2.31. The lowest BCUT2D eigenvalue weighted by Crippen LogP contribution is -2.48. The highest BCUT2D eigenvalue weighted by atomic mass is 16.6. The number of carbonyl (C=O) groups excluding carboxylic acids is 1. The van der Waals surface area contributed by atoms with Crippen LogP contribution < -0.4 is 5.32 Å². The zero-order valence-electron chi connectivity index (χ0n) is 18.8. The minimum absolute atomic E-state index is 0.113. The average Bonchev–Trinajstić information content (AvgIpc) is 3.37. The third kappa shape index (κ3) is 4.47. The normalized spacial score (nSPS) is 20.3. The summed E-state index contributed by atoms with van der Waals surface area (Å²) in [6.07, 6.45) is -0.630. The molecular weight excluding hydrogens is 416 g/mol. The van der Waals surface area contributed by atoms with Crippen LogP contribution >= 0.6 is 0 Å². The van der Waals surface area contributed by atoms with Crippen molar-refractivity contribution in [1.29, 1.82) is 0 Å². The maximum Gasteiger partial charge on any atom is 0.411 e. The number of carboxylic acid groups (broad SMARTS) is 1. The summed E-state index contributed by atoms with van der Waals surface area (Å²) < 4.78 is 5.31. The summed E-state index contributed by atoms with van der Waals surface area (Å²) in [5, 5.41) is 13.1. The van der Waals surface area contributed by atoms with Crippen LogP contribution in [0, 0.1) is 0 Å². The zero-order valence-corrected chi connectivity index (χ0v) is 18.8. The smallest absolute Gasteiger partial charge is 0.411 e. The van der Waals surface area contributed by atoms with Gasteiger partial charge in [0.25, 0.3) is 0 Å². The fourth-order valence-electron chi connectivity index (χ4n) is 4.37. The summed E-state index contributed by atoms with van der Waals surface area (Å²) in [7, 11) is 0. The Bertz CT molecular complexity index is 1150. The summed E-state index contributed by atoms with van der Waals surface area (Å²) in [6, 6.07) is 25.6. The predicted molar refractivity (Wildman–Crippen MR) is 125 cm³/mol. The standard InChI is InChI=1S/C18H17NO4.C9H11N/c1-18(16(20)21)15-10-6-5-9-14(15)11-19(18)17(22)23-12-13-7-3-2-4-8-13;1-7-9-5-3-2-4-8(9)6-10-7/h2-10H,11-12H2,1H3,(H,20,21);2-5,7,10H,6H2,1H3. The summed E-state index contributed by atoms with van der Waals surface area (Å²) in [5.74, 6) is -1.07. The third-order valence-electron chi connectivity index (χ3n) is 6.37. The van der Waals surface area contributed by atoms with Crippen molar-refractivity contribution in [3.8, 4) is 0 Å². The molecule has 2 N–H and O–H groups in total. The highest BCUT2D eigenvalue weighted by molar-refractivity contribution is 5.87. The Morgan fingerprint density at radius 1 is 1.00 bits per heavy atom. The van der Waals surface area contributed by atoms with E-state index in [-0.39, 0.29) is 13.2 Å². The van der Waals surface area contributed by atoms with E-state index in [0.717, 1.165) is 17.7 Å². The fraction of sp³-hybridized carbons (Fsp3) is 0.259. The van der Waals surface area contributed by atoms with E-state index in [2.05, 4.69) is 36.5 Å². The number of carboxylic acids is 1. The van der Waals surface area contributed by atoms with Crippen LogP contribution in [0.2, 0.25) is 0 Å². The number of carbonyl (C=O) groups is 2. The first-order valence-corrected chi connectivity index (χ1v) is 11.0. The molecule has 2 atom stereocenters. The second kappa shape index (κ2) is 9.46. The van der Waals surface area contributed by atoms with Gasteiger partial charge in [0.05, 0.1) is 6.54 Å². The van der Waals surface area contributed by atoms with Gasteiger partial charge < -0.3 is 15.2 Å². The number of rotatable bonds is 3. The van der Waals surface area contributed by atoms with E-state index in [0.29, 0.717) is 11.6 Å². The first-order chi connectivity index (χ1) is 15.9. The van der Waals surface area contributed by atoms with E-state index in [1.54, 1.807) is 12.1 Å². The Balaban J connectivity index is 0.000000214. The molecule has 1 amide bonds. The molecule has 0 radical (unpaired) electrons. The molecule has 5 rings (SSSR count). The van der Waals surface area contributed by atoms with E-state index >= 15 is 0 Å². The molecule has 0 aliphatic carbocycles. The minimum atomic E-state index is -1.41. The fourth-order valence-corrected chi connectivity index (χ4v) is 4.37. The molecule has 6 nitrogen and oxygen atoms in total. The van der Waals surface area contributed by atoms with Gasteiger partial charge in [-0.25, -0.2) is 9.59 Å². The van der Waals surface area contributed by atoms with E-state index in [1.807, 2.05) is 42.5 Å². The summed E-state index contributed by atoms with van der Waals surface area (Å²) in [6.45, 7) is 5.11. The van der Waals surface area contributed by atoms with Crippen LogP contribution in [-0.2, 0) is 34.8 Å². The largest absolute Gasteiger partial charge is 0.479 e. The number of aliphatic carboxylic acids is 1. The van der Waals surface area contributed by atoms with Gasteiger partial charge in [0.2, 0.25) is 0 Å². The lowest BCUT2D eigenvalue weighted by molar-refractivity contribution is -0.149. The molecule has 170 valence electrons. The Labute approximate surface area is 193 Å². The van der Waals surface area contributed by atoms with E-state index in [4.69, 9.17) is 4.74 Å². The van der Waals surface area contributed by atoms with Crippen molar-refractivity contribution in [2.45, 2.75) is 45.1 Å². The Kier molecular flexibility index (Phi) is 6.47. The van der Waals surface area contributed by atoms with Crippen LogP contribution in [-0.4, -0.2) is 22.1 Å². The number of hydrogen-bond acceptors (Lipinski definition) is 4. The molecule has 0 fully saturated rings. The van der Waals surface area contributed by atoms with Crippen LogP contribution in [0.5, 0.6) is 0 Å². The molecule has 0 aromatic heterocycles. The molecule has 2 heterocycles. The van der Waals surface area contributed by atoms with Crippen molar-refractivity contribution < 1.29 is 19.4 Å². The molecule has 2 aliphatic heterocycles. The molecule has 0 saturated heterocycles. The van der Waals surface area contributed by atoms with Crippen molar-refractivity contribution in [3.63, 3.8) is 0 Å². The van der Waals surface area contributed by atoms with E-state index < -0.39 is 17.6 Å². The Morgan fingerprint density at radius 2 is 1.64 bits per heavy atom.